The maximum absolute atomic E-state index is 12.0. The summed E-state index contributed by atoms with van der Waals surface area (Å²) >= 11 is 1.36. The lowest BCUT2D eigenvalue weighted by Crippen LogP contribution is -2.09. The standard InChI is InChI=1S/C13H14N2O2S/c1-8-12(18-10(3)15-8)13(16)17-9(2)11-5-4-6-14-7-11/h4-7,9H,1-3H3/t9-/m1/s1. The number of pyridine rings is 1. The minimum absolute atomic E-state index is 0.312. The Morgan fingerprint density at radius 3 is 2.78 bits per heavy atom. The van der Waals surface area contributed by atoms with Crippen LogP contribution in [0.5, 0.6) is 0 Å². The SMILES string of the molecule is Cc1nc(C)c(C(=O)O[C@H](C)c2cccnc2)s1. The third-order valence-corrected chi connectivity index (χ3v) is 3.58. The summed E-state index contributed by atoms with van der Waals surface area (Å²) in [5, 5.41) is 0.869. The number of hydrogen-bond donors (Lipinski definition) is 0. The highest BCUT2D eigenvalue weighted by molar-refractivity contribution is 7.13. The second-order valence-corrected chi connectivity index (χ2v) is 5.18. The Morgan fingerprint density at radius 1 is 1.44 bits per heavy atom. The van der Waals surface area contributed by atoms with E-state index in [1.807, 2.05) is 32.9 Å². The number of esters is 1. The molecule has 2 heterocycles. The van der Waals surface area contributed by atoms with Crippen LogP contribution in [-0.2, 0) is 4.74 Å². The first-order valence-electron chi connectivity index (χ1n) is 5.63. The van der Waals surface area contributed by atoms with Crippen molar-refractivity contribution in [2.75, 3.05) is 0 Å². The molecule has 0 amide bonds. The fourth-order valence-corrected chi connectivity index (χ4v) is 2.42. The monoisotopic (exact) mass is 262 g/mol. The van der Waals surface area contributed by atoms with Crippen LogP contribution in [-0.4, -0.2) is 15.9 Å². The average Bonchev–Trinajstić information content (AvgIpc) is 2.69. The molecule has 2 aromatic rings. The predicted octanol–water partition coefficient (Wildman–Crippen LogP) is 3.07. The summed E-state index contributed by atoms with van der Waals surface area (Å²) in [6.07, 6.45) is 3.07. The molecule has 18 heavy (non-hydrogen) atoms. The molecule has 0 unspecified atom stereocenters. The van der Waals surface area contributed by atoms with E-state index < -0.39 is 0 Å². The molecule has 0 bridgehead atoms. The fraction of sp³-hybridized carbons (Fsp3) is 0.308. The minimum atomic E-state index is -0.325. The first kappa shape index (κ1) is 12.7. The van der Waals surface area contributed by atoms with Gasteiger partial charge in [-0.1, -0.05) is 6.07 Å². The lowest BCUT2D eigenvalue weighted by atomic mass is 10.2. The zero-order valence-electron chi connectivity index (χ0n) is 10.5. The normalized spacial score (nSPS) is 12.2. The van der Waals surface area contributed by atoms with Gasteiger partial charge in [0.2, 0.25) is 0 Å². The van der Waals surface area contributed by atoms with E-state index in [4.69, 9.17) is 4.74 Å². The van der Waals surface area contributed by atoms with Gasteiger partial charge in [0.05, 0.1) is 10.7 Å². The van der Waals surface area contributed by atoms with Crippen LogP contribution in [0.15, 0.2) is 24.5 Å². The van der Waals surface area contributed by atoms with Gasteiger partial charge in [-0.2, -0.15) is 0 Å². The van der Waals surface area contributed by atoms with Crippen LogP contribution in [0.25, 0.3) is 0 Å². The van der Waals surface area contributed by atoms with Crippen molar-refractivity contribution in [2.45, 2.75) is 26.9 Å². The number of aromatic nitrogens is 2. The first-order valence-corrected chi connectivity index (χ1v) is 6.44. The lowest BCUT2D eigenvalue weighted by molar-refractivity contribution is 0.0342. The van der Waals surface area contributed by atoms with Gasteiger partial charge in [0.25, 0.3) is 0 Å². The summed E-state index contributed by atoms with van der Waals surface area (Å²) in [5.41, 5.74) is 1.60. The second kappa shape index (κ2) is 5.27. The van der Waals surface area contributed by atoms with Gasteiger partial charge in [-0.3, -0.25) is 4.98 Å². The zero-order valence-corrected chi connectivity index (χ0v) is 11.3. The minimum Gasteiger partial charge on any atom is -0.453 e. The highest BCUT2D eigenvalue weighted by Gasteiger charge is 2.18. The van der Waals surface area contributed by atoms with Crippen LogP contribution < -0.4 is 0 Å². The van der Waals surface area contributed by atoms with E-state index in [2.05, 4.69) is 9.97 Å². The molecule has 4 nitrogen and oxygen atoms in total. The topological polar surface area (TPSA) is 52.1 Å². The van der Waals surface area contributed by atoms with Crippen molar-refractivity contribution in [1.82, 2.24) is 9.97 Å². The summed E-state index contributed by atoms with van der Waals surface area (Å²) in [7, 11) is 0. The maximum Gasteiger partial charge on any atom is 0.350 e. The number of rotatable bonds is 3. The highest BCUT2D eigenvalue weighted by atomic mass is 32.1. The van der Waals surface area contributed by atoms with Gasteiger partial charge in [0, 0.05) is 18.0 Å². The van der Waals surface area contributed by atoms with Crippen molar-refractivity contribution in [2.24, 2.45) is 0 Å². The fourth-order valence-electron chi connectivity index (χ4n) is 1.62. The van der Waals surface area contributed by atoms with E-state index >= 15 is 0 Å². The summed E-state index contributed by atoms with van der Waals surface area (Å²) in [6.45, 7) is 5.52. The van der Waals surface area contributed by atoms with E-state index in [0.717, 1.165) is 16.3 Å². The van der Waals surface area contributed by atoms with Crippen molar-refractivity contribution in [3.8, 4) is 0 Å². The molecule has 0 aliphatic rings. The predicted molar refractivity (Wildman–Crippen MR) is 69.7 cm³/mol. The lowest BCUT2D eigenvalue weighted by Gasteiger charge is -2.12. The van der Waals surface area contributed by atoms with Crippen molar-refractivity contribution >= 4 is 17.3 Å². The molecule has 0 fully saturated rings. The number of ether oxygens (including phenoxy) is 1. The Labute approximate surface area is 110 Å². The molecule has 0 aliphatic carbocycles. The Bertz CT molecular complexity index is 551. The van der Waals surface area contributed by atoms with Gasteiger partial charge >= 0.3 is 5.97 Å². The molecule has 0 saturated heterocycles. The summed E-state index contributed by atoms with van der Waals surface area (Å²) in [6, 6.07) is 3.71. The van der Waals surface area contributed by atoms with Crippen LogP contribution in [0.3, 0.4) is 0 Å². The molecule has 0 spiro atoms. The molecular formula is C13H14N2O2S. The summed E-state index contributed by atoms with van der Waals surface area (Å²) < 4.78 is 5.41. The van der Waals surface area contributed by atoms with Crippen LogP contribution in [0.1, 0.15) is 39.0 Å². The van der Waals surface area contributed by atoms with Gasteiger partial charge in [-0.25, -0.2) is 9.78 Å². The van der Waals surface area contributed by atoms with Crippen molar-refractivity contribution in [1.29, 1.82) is 0 Å². The van der Waals surface area contributed by atoms with E-state index in [0.29, 0.717) is 4.88 Å². The summed E-state index contributed by atoms with van der Waals surface area (Å²) in [4.78, 5) is 20.8. The maximum atomic E-state index is 12.0. The molecule has 5 heteroatoms. The molecule has 94 valence electrons. The molecule has 0 aromatic carbocycles. The first-order chi connectivity index (χ1) is 8.58. The van der Waals surface area contributed by atoms with Gasteiger partial charge in [-0.05, 0) is 26.8 Å². The van der Waals surface area contributed by atoms with E-state index in [1.165, 1.54) is 11.3 Å². The van der Waals surface area contributed by atoms with E-state index in [1.54, 1.807) is 12.4 Å². The smallest absolute Gasteiger partial charge is 0.350 e. The molecular weight excluding hydrogens is 248 g/mol. The zero-order chi connectivity index (χ0) is 13.1. The van der Waals surface area contributed by atoms with Gasteiger partial charge < -0.3 is 4.74 Å². The molecule has 0 saturated carbocycles. The van der Waals surface area contributed by atoms with E-state index in [9.17, 15) is 4.79 Å². The number of carbonyl (C=O) groups is 1. The molecule has 0 N–H and O–H groups in total. The number of thiazole rings is 1. The number of carbonyl (C=O) groups excluding carboxylic acids is 1. The van der Waals surface area contributed by atoms with Crippen LogP contribution in [0.4, 0.5) is 0 Å². The van der Waals surface area contributed by atoms with Crippen LogP contribution in [0.2, 0.25) is 0 Å². The third kappa shape index (κ3) is 2.73. The van der Waals surface area contributed by atoms with Crippen molar-refractivity contribution in [3.05, 3.63) is 45.7 Å². The van der Waals surface area contributed by atoms with Crippen molar-refractivity contribution in [3.63, 3.8) is 0 Å². The summed E-state index contributed by atoms with van der Waals surface area (Å²) in [5.74, 6) is -0.325. The number of hydrogen-bond acceptors (Lipinski definition) is 5. The molecule has 2 rings (SSSR count). The van der Waals surface area contributed by atoms with Crippen molar-refractivity contribution < 1.29 is 9.53 Å². The van der Waals surface area contributed by atoms with Gasteiger partial charge in [0.15, 0.2) is 0 Å². The second-order valence-electron chi connectivity index (χ2n) is 3.98. The van der Waals surface area contributed by atoms with Crippen LogP contribution >= 0.6 is 11.3 Å². The molecule has 2 aromatic heterocycles. The number of nitrogens with zero attached hydrogens (tertiary/aromatic N) is 2. The molecule has 1 atom stereocenters. The molecule has 0 radical (unpaired) electrons. The van der Waals surface area contributed by atoms with E-state index in [-0.39, 0.29) is 12.1 Å². The average molecular weight is 262 g/mol. The largest absolute Gasteiger partial charge is 0.453 e. The van der Waals surface area contributed by atoms with Crippen LogP contribution in [0, 0.1) is 13.8 Å². The Balaban J connectivity index is 2.10. The Morgan fingerprint density at radius 2 is 2.22 bits per heavy atom. The van der Waals surface area contributed by atoms with Gasteiger partial charge in [0.1, 0.15) is 11.0 Å². The number of aryl methyl sites for hydroxylation is 2. The highest BCUT2D eigenvalue weighted by Crippen LogP contribution is 2.22. The molecule has 0 aliphatic heterocycles. The Hall–Kier alpha value is -1.75. The Kier molecular flexibility index (Phi) is 3.72. The quantitative estimate of drug-likeness (QED) is 0.798. The third-order valence-electron chi connectivity index (χ3n) is 2.53. The van der Waals surface area contributed by atoms with Gasteiger partial charge in [-0.15, -0.1) is 11.3 Å².